The summed E-state index contributed by atoms with van der Waals surface area (Å²) in [6, 6.07) is 0. The van der Waals surface area contributed by atoms with Gasteiger partial charge in [0.25, 0.3) is 0 Å². The van der Waals surface area contributed by atoms with Gasteiger partial charge in [0.2, 0.25) is 0 Å². The summed E-state index contributed by atoms with van der Waals surface area (Å²) in [5, 5.41) is 35.8. The van der Waals surface area contributed by atoms with E-state index in [1.165, 1.54) is 27.7 Å². The Morgan fingerprint density at radius 1 is 0.846 bits per heavy atom. The second-order valence-electron chi connectivity index (χ2n) is 12.0. The molecule has 2 saturated carbocycles. The zero-order valence-corrected chi connectivity index (χ0v) is 23.9. The molecule has 3 aliphatic carbocycles. The lowest BCUT2D eigenvalue weighted by Gasteiger charge is -2.61. The lowest BCUT2D eigenvalue weighted by atomic mass is 9.47. The number of carbonyl (C=O) groups is 4. The van der Waals surface area contributed by atoms with Gasteiger partial charge in [0.1, 0.15) is 18.3 Å². The molecule has 0 amide bonds. The Bertz CT molecular complexity index is 1030. The second-order valence-corrected chi connectivity index (χ2v) is 12.0. The van der Waals surface area contributed by atoms with E-state index in [1.54, 1.807) is 13.8 Å². The summed E-state index contributed by atoms with van der Waals surface area (Å²) in [5.74, 6) is -4.81. The SMILES string of the molecule is CC(=O)OCC1C(OC(C)=O)CC(O)C2(C)C(O)C(OC(C)=O)C3=C(C)C(OC(C)=O)CC(C(O)C12)C3(C)C. The molecule has 0 heterocycles. The highest BCUT2D eigenvalue weighted by Crippen LogP contribution is 2.60. The number of ether oxygens (including phenoxy) is 4. The molecule has 39 heavy (non-hydrogen) atoms. The Kier molecular flexibility index (Phi) is 8.89. The van der Waals surface area contributed by atoms with Crippen molar-refractivity contribution in [2.24, 2.45) is 28.6 Å². The van der Waals surface area contributed by atoms with Crippen LogP contribution in [-0.4, -0.2) is 82.4 Å². The summed E-state index contributed by atoms with van der Waals surface area (Å²) in [6.45, 7) is 11.8. The number of fused-ring (bicyclic) bond motifs is 3. The fourth-order valence-electron chi connectivity index (χ4n) is 7.47. The summed E-state index contributed by atoms with van der Waals surface area (Å²) in [6.07, 6.45) is -6.89. The van der Waals surface area contributed by atoms with Crippen molar-refractivity contribution in [1.29, 1.82) is 0 Å². The Balaban J connectivity index is 2.31. The van der Waals surface area contributed by atoms with Gasteiger partial charge in [-0.15, -0.1) is 0 Å². The Morgan fingerprint density at radius 3 is 1.92 bits per heavy atom. The van der Waals surface area contributed by atoms with E-state index in [0.29, 0.717) is 11.1 Å². The van der Waals surface area contributed by atoms with Crippen molar-refractivity contribution in [3.63, 3.8) is 0 Å². The molecule has 0 aromatic heterocycles. The zero-order chi connectivity index (χ0) is 29.6. The predicted octanol–water partition coefficient (Wildman–Crippen LogP) is 1.45. The highest BCUT2D eigenvalue weighted by Gasteiger charge is 2.66. The topological polar surface area (TPSA) is 166 Å². The van der Waals surface area contributed by atoms with Crippen molar-refractivity contribution in [1.82, 2.24) is 0 Å². The minimum absolute atomic E-state index is 0.1000. The molecule has 0 aliphatic heterocycles. The maximum Gasteiger partial charge on any atom is 0.303 e. The van der Waals surface area contributed by atoms with Crippen LogP contribution in [0.25, 0.3) is 0 Å². The summed E-state index contributed by atoms with van der Waals surface area (Å²) in [5.41, 5.74) is -1.24. The van der Waals surface area contributed by atoms with E-state index in [-0.39, 0.29) is 19.4 Å². The van der Waals surface area contributed by atoms with Gasteiger partial charge in [0.05, 0.1) is 18.8 Å². The summed E-state index contributed by atoms with van der Waals surface area (Å²) in [4.78, 5) is 48.2. The van der Waals surface area contributed by atoms with E-state index in [9.17, 15) is 34.5 Å². The lowest BCUT2D eigenvalue weighted by Crippen LogP contribution is -2.69. The van der Waals surface area contributed by atoms with Gasteiger partial charge >= 0.3 is 23.9 Å². The van der Waals surface area contributed by atoms with Gasteiger partial charge in [-0.05, 0) is 35.8 Å². The molecule has 11 heteroatoms. The number of hydrogen-bond acceptors (Lipinski definition) is 11. The molecule has 0 radical (unpaired) electrons. The van der Waals surface area contributed by atoms with Crippen LogP contribution in [0.1, 0.15) is 68.2 Å². The van der Waals surface area contributed by atoms with Crippen LogP contribution in [0.4, 0.5) is 0 Å². The van der Waals surface area contributed by atoms with E-state index in [1.807, 2.05) is 13.8 Å². The minimum Gasteiger partial charge on any atom is -0.465 e. The number of rotatable bonds is 5. The van der Waals surface area contributed by atoms with Crippen molar-refractivity contribution in [2.45, 2.75) is 105 Å². The first-order valence-electron chi connectivity index (χ1n) is 13.3. The number of esters is 4. The van der Waals surface area contributed by atoms with E-state index >= 15 is 0 Å². The van der Waals surface area contributed by atoms with E-state index in [2.05, 4.69) is 0 Å². The van der Waals surface area contributed by atoms with Gasteiger partial charge in [0, 0.05) is 51.4 Å². The smallest absolute Gasteiger partial charge is 0.303 e. The van der Waals surface area contributed by atoms with Gasteiger partial charge in [-0.2, -0.15) is 0 Å². The third-order valence-electron chi connectivity index (χ3n) is 9.21. The van der Waals surface area contributed by atoms with Crippen LogP contribution in [0, 0.1) is 28.6 Å². The summed E-state index contributed by atoms with van der Waals surface area (Å²) >= 11 is 0. The molecule has 220 valence electrons. The standard InChI is InChI=1S/C28H42O11/c1-12-19(37-14(3)30)9-18-24(34)23-17(11-36-13(2)29)20(38-15(4)31)10-21(33)28(23,8)26(35)25(39-16(5)32)22(12)27(18,6)7/h17-21,23-26,33-35H,9-11H2,1-8H3. The van der Waals surface area contributed by atoms with Gasteiger partial charge in [-0.25, -0.2) is 0 Å². The normalized spacial score (nSPS) is 39.4. The van der Waals surface area contributed by atoms with Crippen LogP contribution in [0.2, 0.25) is 0 Å². The number of hydrogen-bond donors (Lipinski definition) is 3. The van der Waals surface area contributed by atoms with E-state index in [4.69, 9.17) is 18.9 Å². The second kappa shape index (κ2) is 11.2. The van der Waals surface area contributed by atoms with Gasteiger partial charge in [-0.1, -0.05) is 20.8 Å². The average Bonchev–Trinajstić information content (AvgIpc) is 2.78. The van der Waals surface area contributed by atoms with Crippen LogP contribution < -0.4 is 0 Å². The third kappa shape index (κ3) is 5.58. The van der Waals surface area contributed by atoms with Gasteiger partial charge in [0.15, 0.2) is 6.10 Å². The van der Waals surface area contributed by atoms with E-state index in [0.717, 1.165) is 0 Å². The molecule has 11 nitrogen and oxygen atoms in total. The molecular formula is C28H42O11. The first-order valence-corrected chi connectivity index (χ1v) is 13.3. The quantitative estimate of drug-likeness (QED) is 0.256. The highest BCUT2D eigenvalue weighted by molar-refractivity contribution is 5.68. The lowest BCUT2D eigenvalue weighted by molar-refractivity contribution is -0.246. The van der Waals surface area contributed by atoms with Crippen LogP contribution in [0.5, 0.6) is 0 Å². The molecule has 0 aromatic carbocycles. The van der Waals surface area contributed by atoms with Crippen LogP contribution in [-0.2, 0) is 38.1 Å². The maximum absolute atomic E-state index is 12.4. The van der Waals surface area contributed by atoms with Gasteiger partial charge in [-0.3, -0.25) is 19.2 Å². The Hall–Kier alpha value is -2.50. The zero-order valence-electron chi connectivity index (χ0n) is 23.9. The van der Waals surface area contributed by atoms with E-state index < -0.39 is 89.1 Å². The highest BCUT2D eigenvalue weighted by atomic mass is 16.6. The molecule has 0 saturated heterocycles. The molecule has 3 rings (SSSR count). The Labute approximate surface area is 228 Å². The third-order valence-corrected chi connectivity index (χ3v) is 9.21. The van der Waals surface area contributed by atoms with Crippen LogP contribution >= 0.6 is 0 Å². The number of carbonyl (C=O) groups excluding carboxylic acids is 4. The molecule has 0 aromatic rings. The van der Waals surface area contributed by atoms with Crippen molar-refractivity contribution < 1.29 is 53.4 Å². The molecule has 10 unspecified atom stereocenters. The van der Waals surface area contributed by atoms with Crippen LogP contribution in [0.3, 0.4) is 0 Å². The summed E-state index contributed by atoms with van der Waals surface area (Å²) < 4.78 is 22.3. The van der Waals surface area contributed by atoms with Crippen molar-refractivity contribution in [3.05, 3.63) is 11.1 Å². The molecule has 0 spiro atoms. The molecule has 10 atom stereocenters. The van der Waals surface area contributed by atoms with Crippen molar-refractivity contribution >= 4 is 23.9 Å². The average molecular weight is 555 g/mol. The molecule has 3 aliphatic rings. The fraction of sp³-hybridized carbons (Fsp3) is 0.786. The minimum atomic E-state index is -1.53. The molecular weight excluding hydrogens is 512 g/mol. The van der Waals surface area contributed by atoms with Gasteiger partial charge < -0.3 is 34.3 Å². The first kappa shape index (κ1) is 31.0. The molecule has 2 bridgehead atoms. The number of aliphatic hydroxyl groups is 3. The summed E-state index contributed by atoms with van der Waals surface area (Å²) in [7, 11) is 0. The number of aliphatic hydroxyl groups excluding tert-OH is 3. The van der Waals surface area contributed by atoms with Crippen LogP contribution in [0.15, 0.2) is 11.1 Å². The Morgan fingerprint density at radius 2 is 1.41 bits per heavy atom. The van der Waals surface area contributed by atoms with Crippen molar-refractivity contribution in [3.8, 4) is 0 Å². The predicted molar refractivity (Wildman–Crippen MR) is 136 cm³/mol. The largest absolute Gasteiger partial charge is 0.465 e. The fourth-order valence-corrected chi connectivity index (χ4v) is 7.47. The maximum atomic E-state index is 12.4. The van der Waals surface area contributed by atoms with Crippen molar-refractivity contribution in [2.75, 3.05) is 6.61 Å². The molecule has 3 N–H and O–H groups in total. The monoisotopic (exact) mass is 554 g/mol. The first-order chi connectivity index (χ1) is 17.9. The molecule has 2 fully saturated rings.